The molecule has 78 valence electrons. The Balaban J connectivity index is 1.99. The van der Waals surface area contributed by atoms with Crippen LogP contribution in [0.1, 0.15) is 5.56 Å². The summed E-state index contributed by atoms with van der Waals surface area (Å²) < 4.78 is 0.696. The Kier molecular flexibility index (Phi) is 3.34. The maximum absolute atomic E-state index is 6.05. The lowest BCUT2D eigenvalue weighted by Crippen LogP contribution is -2.55. The molecule has 14 heavy (non-hydrogen) atoms. The highest BCUT2D eigenvalue weighted by Crippen LogP contribution is 2.33. The first-order valence-electron chi connectivity index (χ1n) is 4.51. The molecule has 5 heteroatoms. The summed E-state index contributed by atoms with van der Waals surface area (Å²) in [6.07, 6.45) is 0. The fourth-order valence-electron chi connectivity index (χ4n) is 1.44. The van der Waals surface area contributed by atoms with Crippen molar-refractivity contribution in [3.63, 3.8) is 0 Å². The van der Waals surface area contributed by atoms with Gasteiger partial charge in [-0.1, -0.05) is 23.2 Å². The Morgan fingerprint density at radius 3 is 2.71 bits per heavy atom. The Labute approximate surface area is 97.8 Å². The van der Waals surface area contributed by atoms with E-state index in [0.717, 1.165) is 30.2 Å². The van der Waals surface area contributed by atoms with E-state index >= 15 is 0 Å². The Morgan fingerprint density at radius 1 is 1.57 bits per heavy atom. The third kappa shape index (κ3) is 2.07. The van der Waals surface area contributed by atoms with Crippen LogP contribution in [0, 0.1) is 0 Å². The average Bonchev–Trinajstić information content (AvgIpc) is 2.33. The van der Waals surface area contributed by atoms with Crippen LogP contribution in [0.3, 0.4) is 0 Å². The molecule has 1 aliphatic heterocycles. The minimum Gasteiger partial charge on any atom is -0.314 e. The second-order valence-corrected chi connectivity index (χ2v) is 5.44. The number of hydrogen-bond donors (Lipinski definition) is 1. The molecular weight excluding hydrogens is 239 g/mol. The fourth-order valence-corrected chi connectivity index (χ4v) is 2.68. The second kappa shape index (κ2) is 4.37. The van der Waals surface area contributed by atoms with E-state index in [1.165, 1.54) is 11.3 Å². The van der Waals surface area contributed by atoms with Gasteiger partial charge in [0.1, 0.15) is 4.34 Å². The molecule has 0 spiro atoms. The van der Waals surface area contributed by atoms with Gasteiger partial charge in [0.2, 0.25) is 0 Å². The van der Waals surface area contributed by atoms with Crippen molar-refractivity contribution in [2.24, 2.45) is 0 Å². The van der Waals surface area contributed by atoms with E-state index in [-0.39, 0.29) is 0 Å². The molecule has 0 saturated carbocycles. The zero-order valence-corrected chi connectivity index (χ0v) is 10.2. The van der Waals surface area contributed by atoms with Crippen LogP contribution in [0.5, 0.6) is 0 Å². The van der Waals surface area contributed by atoms with Crippen molar-refractivity contribution in [1.29, 1.82) is 0 Å². The van der Waals surface area contributed by atoms with Gasteiger partial charge in [-0.3, -0.25) is 4.90 Å². The molecule has 0 unspecified atom stereocenters. The zero-order valence-electron chi connectivity index (χ0n) is 7.89. The summed E-state index contributed by atoms with van der Waals surface area (Å²) in [5.74, 6) is 0. The van der Waals surface area contributed by atoms with Gasteiger partial charge in [0.05, 0.1) is 5.02 Å². The van der Waals surface area contributed by atoms with Gasteiger partial charge in [-0.15, -0.1) is 11.3 Å². The van der Waals surface area contributed by atoms with Crippen LogP contribution in [0.4, 0.5) is 0 Å². The van der Waals surface area contributed by atoms with Gasteiger partial charge in [0.15, 0.2) is 0 Å². The Hall–Kier alpha value is 0.200. The molecule has 0 bridgehead atoms. The Bertz CT molecular complexity index is 323. The van der Waals surface area contributed by atoms with E-state index in [1.54, 1.807) is 0 Å². The first kappa shape index (κ1) is 10.7. The Morgan fingerprint density at radius 2 is 2.29 bits per heavy atom. The number of thiophene rings is 1. The average molecular weight is 251 g/mol. The van der Waals surface area contributed by atoms with E-state index in [0.29, 0.717) is 10.4 Å². The van der Waals surface area contributed by atoms with Crippen LogP contribution in [0.15, 0.2) is 5.38 Å². The highest BCUT2D eigenvalue weighted by Gasteiger charge is 2.22. The van der Waals surface area contributed by atoms with Crippen molar-refractivity contribution in [1.82, 2.24) is 10.2 Å². The summed E-state index contributed by atoms with van der Waals surface area (Å²) in [4.78, 5) is 2.31. The molecule has 2 nitrogen and oxygen atoms in total. The van der Waals surface area contributed by atoms with E-state index in [9.17, 15) is 0 Å². The van der Waals surface area contributed by atoms with Crippen molar-refractivity contribution >= 4 is 34.5 Å². The zero-order chi connectivity index (χ0) is 10.1. The molecule has 1 aromatic heterocycles. The topological polar surface area (TPSA) is 15.3 Å². The summed E-state index contributed by atoms with van der Waals surface area (Å²) in [6.45, 7) is 3.03. The lowest BCUT2D eigenvalue weighted by Gasteiger charge is -2.35. The maximum Gasteiger partial charge on any atom is 0.112 e. The molecule has 2 rings (SSSR count). The minimum absolute atomic E-state index is 0.643. The normalized spacial score (nSPS) is 17.4. The molecule has 0 amide bonds. The van der Waals surface area contributed by atoms with E-state index in [2.05, 4.69) is 17.3 Å². The lowest BCUT2D eigenvalue weighted by molar-refractivity contribution is 0.173. The first-order chi connectivity index (χ1) is 6.68. The van der Waals surface area contributed by atoms with Crippen LogP contribution in [0.2, 0.25) is 9.36 Å². The summed E-state index contributed by atoms with van der Waals surface area (Å²) in [5.41, 5.74) is 1.14. The summed E-state index contributed by atoms with van der Waals surface area (Å²) in [6, 6.07) is 0.643. The monoisotopic (exact) mass is 250 g/mol. The number of rotatable bonds is 3. The fraction of sp³-hybridized carbons (Fsp3) is 0.556. The quantitative estimate of drug-likeness (QED) is 0.887. The van der Waals surface area contributed by atoms with Gasteiger partial charge in [-0.05, 0) is 18.0 Å². The third-order valence-corrected chi connectivity index (χ3v) is 4.47. The predicted octanol–water partition coefficient (Wildman–Crippen LogP) is 2.46. The van der Waals surface area contributed by atoms with Crippen molar-refractivity contribution < 1.29 is 0 Å². The lowest BCUT2D eigenvalue weighted by atomic mass is 10.1. The molecule has 2 heterocycles. The predicted molar refractivity (Wildman–Crippen MR) is 62.5 cm³/mol. The van der Waals surface area contributed by atoms with Gasteiger partial charge in [0.25, 0.3) is 0 Å². The molecule has 1 saturated heterocycles. The molecule has 0 atom stereocenters. The van der Waals surface area contributed by atoms with Crippen LogP contribution in [-0.2, 0) is 6.54 Å². The number of nitrogens with one attached hydrogen (secondary N) is 1. The smallest absolute Gasteiger partial charge is 0.112 e. The minimum atomic E-state index is 0.643. The number of hydrogen-bond acceptors (Lipinski definition) is 3. The molecular formula is C9H12Cl2N2S. The summed E-state index contributed by atoms with van der Waals surface area (Å²) in [7, 11) is 2.12. The standard InChI is InChI=1S/C9H12Cl2N2S/c1-13(7-2-12-3-7)4-6-5-14-9(11)8(6)10/h5,7,12H,2-4H2,1H3. The van der Waals surface area contributed by atoms with Crippen LogP contribution in [-0.4, -0.2) is 31.1 Å². The van der Waals surface area contributed by atoms with Crippen LogP contribution < -0.4 is 5.32 Å². The number of likely N-dealkylation sites (N-methyl/N-ethyl adjacent to an activating group) is 1. The van der Waals surface area contributed by atoms with E-state index in [1.807, 2.05) is 5.38 Å². The van der Waals surface area contributed by atoms with E-state index < -0.39 is 0 Å². The summed E-state index contributed by atoms with van der Waals surface area (Å²) >= 11 is 13.5. The van der Waals surface area contributed by atoms with Gasteiger partial charge in [-0.2, -0.15) is 0 Å². The van der Waals surface area contributed by atoms with E-state index in [4.69, 9.17) is 23.2 Å². The van der Waals surface area contributed by atoms with Gasteiger partial charge in [0, 0.05) is 25.7 Å². The molecule has 1 N–H and O–H groups in total. The summed E-state index contributed by atoms with van der Waals surface area (Å²) in [5, 5.41) is 6.00. The molecule has 1 aliphatic rings. The first-order valence-corrected chi connectivity index (χ1v) is 6.14. The van der Waals surface area contributed by atoms with Crippen molar-refractivity contribution in [3.05, 3.63) is 20.3 Å². The van der Waals surface area contributed by atoms with Gasteiger partial charge >= 0.3 is 0 Å². The molecule has 0 aliphatic carbocycles. The largest absolute Gasteiger partial charge is 0.314 e. The van der Waals surface area contributed by atoms with Crippen LogP contribution in [0.25, 0.3) is 0 Å². The number of nitrogens with zero attached hydrogens (tertiary/aromatic N) is 1. The van der Waals surface area contributed by atoms with Gasteiger partial charge < -0.3 is 5.32 Å². The SMILES string of the molecule is CN(Cc1csc(Cl)c1Cl)C1CNC1. The molecule has 1 aromatic rings. The maximum atomic E-state index is 6.05. The number of halogens is 2. The molecule has 0 radical (unpaired) electrons. The van der Waals surface area contributed by atoms with Crippen LogP contribution >= 0.6 is 34.5 Å². The highest BCUT2D eigenvalue weighted by atomic mass is 35.5. The van der Waals surface area contributed by atoms with Crippen molar-refractivity contribution in [2.75, 3.05) is 20.1 Å². The van der Waals surface area contributed by atoms with Crippen molar-refractivity contribution in [2.45, 2.75) is 12.6 Å². The molecule has 0 aromatic carbocycles. The highest BCUT2D eigenvalue weighted by molar-refractivity contribution is 7.15. The molecule has 1 fully saturated rings. The second-order valence-electron chi connectivity index (χ2n) is 3.58. The van der Waals surface area contributed by atoms with Crippen molar-refractivity contribution in [3.8, 4) is 0 Å². The van der Waals surface area contributed by atoms with Gasteiger partial charge in [-0.25, -0.2) is 0 Å². The third-order valence-electron chi connectivity index (χ3n) is 2.56.